The van der Waals surface area contributed by atoms with Crippen LogP contribution in [0.3, 0.4) is 0 Å². The van der Waals surface area contributed by atoms with Crippen LogP contribution in [0.5, 0.6) is 0 Å². The van der Waals surface area contributed by atoms with E-state index in [9.17, 15) is 15.0 Å². The Hall–Kier alpha value is -2.22. The first kappa shape index (κ1) is 16.6. The van der Waals surface area contributed by atoms with Gasteiger partial charge in [0.25, 0.3) is 5.91 Å². The van der Waals surface area contributed by atoms with Gasteiger partial charge in [-0.15, -0.1) is 0 Å². The van der Waals surface area contributed by atoms with Crippen LogP contribution in [0.1, 0.15) is 22.5 Å². The van der Waals surface area contributed by atoms with Crippen molar-refractivity contribution in [2.75, 3.05) is 13.2 Å². The molecule has 2 heterocycles. The molecule has 1 amide bonds. The summed E-state index contributed by atoms with van der Waals surface area (Å²) in [6.07, 6.45) is -1.19. The molecule has 0 saturated carbocycles. The molecule has 1 fully saturated rings. The standard InChI is InChI=1S/C17H20N2O5/c1-10-14(15(19-24-10)11-5-3-2-4-6-11)17(22)18-12-7-8-23-13(9-20)16(12)21/h2-6,12-13,16,20-21H,7-9H2,1H3,(H,18,22)/t12-,13+,16-/m0/s1. The van der Waals surface area contributed by atoms with Gasteiger partial charge in [-0.3, -0.25) is 4.79 Å². The van der Waals surface area contributed by atoms with Crippen LogP contribution in [0, 0.1) is 6.92 Å². The Morgan fingerprint density at radius 2 is 2.12 bits per heavy atom. The Bertz CT molecular complexity index is 700. The minimum absolute atomic E-state index is 0.297. The maximum absolute atomic E-state index is 12.7. The fourth-order valence-electron chi connectivity index (χ4n) is 2.87. The van der Waals surface area contributed by atoms with E-state index in [2.05, 4.69) is 10.5 Å². The van der Waals surface area contributed by atoms with Gasteiger partial charge in [-0.2, -0.15) is 0 Å². The number of amides is 1. The second kappa shape index (κ2) is 7.12. The number of benzene rings is 1. The SMILES string of the molecule is Cc1onc(-c2ccccc2)c1C(=O)N[C@H]1CCO[C@H](CO)[C@H]1O. The minimum Gasteiger partial charge on any atom is -0.394 e. The molecule has 1 aliphatic heterocycles. The topological polar surface area (TPSA) is 105 Å². The van der Waals surface area contributed by atoms with E-state index in [0.29, 0.717) is 30.0 Å². The van der Waals surface area contributed by atoms with Crippen molar-refractivity contribution in [1.82, 2.24) is 10.5 Å². The van der Waals surface area contributed by atoms with Gasteiger partial charge >= 0.3 is 0 Å². The lowest BCUT2D eigenvalue weighted by Crippen LogP contribution is -2.54. The number of aliphatic hydroxyl groups excluding tert-OH is 2. The van der Waals surface area contributed by atoms with Crippen molar-refractivity contribution >= 4 is 5.91 Å². The molecular weight excluding hydrogens is 312 g/mol. The van der Waals surface area contributed by atoms with Gasteiger partial charge in [-0.25, -0.2) is 0 Å². The number of carbonyl (C=O) groups is 1. The number of nitrogens with zero attached hydrogens (tertiary/aromatic N) is 1. The van der Waals surface area contributed by atoms with E-state index < -0.39 is 18.2 Å². The van der Waals surface area contributed by atoms with Gasteiger partial charge in [-0.05, 0) is 13.3 Å². The molecule has 1 aromatic heterocycles. The summed E-state index contributed by atoms with van der Waals surface area (Å²) in [5.41, 5.74) is 1.59. The van der Waals surface area contributed by atoms with Crippen LogP contribution in [-0.2, 0) is 4.74 Å². The van der Waals surface area contributed by atoms with Crippen molar-refractivity contribution in [2.45, 2.75) is 31.6 Å². The molecule has 0 spiro atoms. The van der Waals surface area contributed by atoms with Crippen molar-refractivity contribution < 1.29 is 24.3 Å². The first-order valence-corrected chi connectivity index (χ1v) is 7.85. The second-order valence-electron chi connectivity index (χ2n) is 5.78. The predicted molar refractivity (Wildman–Crippen MR) is 85.4 cm³/mol. The normalized spacial score (nSPS) is 23.9. The minimum atomic E-state index is -0.965. The van der Waals surface area contributed by atoms with Crippen molar-refractivity contribution in [3.63, 3.8) is 0 Å². The molecule has 7 heteroatoms. The van der Waals surface area contributed by atoms with Crippen molar-refractivity contribution in [3.05, 3.63) is 41.7 Å². The van der Waals surface area contributed by atoms with Crippen molar-refractivity contribution in [1.29, 1.82) is 0 Å². The zero-order valence-corrected chi connectivity index (χ0v) is 13.3. The lowest BCUT2D eigenvalue weighted by atomic mass is 9.99. The zero-order valence-electron chi connectivity index (χ0n) is 13.3. The highest BCUT2D eigenvalue weighted by Crippen LogP contribution is 2.25. The van der Waals surface area contributed by atoms with E-state index in [1.165, 1.54) is 0 Å². The molecule has 0 bridgehead atoms. The summed E-state index contributed by atoms with van der Waals surface area (Å²) in [4.78, 5) is 12.7. The van der Waals surface area contributed by atoms with Gasteiger partial charge in [0.05, 0.1) is 12.6 Å². The molecule has 0 radical (unpaired) electrons. The summed E-state index contributed by atoms with van der Waals surface area (Å²) in [7, 11) is 0. The summed E-state index contributed by atoms with van der Waals surface area (Å²) in [6.45, 7) is 1.74. The highest BCUT2D eigenvalue weighted by molar-refractivity contribution is 6.00. The number of carbonyl (C=O) groups excluding carboxylic acids is 1. The van der Waals surface area contributed by atoms with E-state index in [4.69, 9.17) is 9.26 Å². The number of ether oxygens (including phenoxy) is 1. The van der Waals surface area contributed by atoms with Crippen LogP contribution in [0.15, 0.2) is 34.9 Å². The summed E-state index contributed by atoms with van der Waals surface area (Å²) in [5.74, 6) is 0.0434. The zero-order chi connectivity index (χ0) is 17.1. The van der Waals surface area contributed by atoms with Crippen LogP contribution in [0.25, 0.3) is 11.3 Å². The maximum Gasteiger partial charge on any atom is 0.257 e. The Balaban J connectivity index is 1.82. The lowest BCUT2D eigenvalue weighted by molar-refractivity contribution is -0.107. The molecule has 7 nitrogen and oxygen atoms in total. The fourth-order valence-corrected chi connectivity index (χ4v) is 2.87. The first-order chi connectivity index (χ1) is 11.6. The van der Waals surface area contributed by atoms with Crippen LogP contribution < -0.4 is 5.32 Å². The number of aliphatic hydroxyl groups is 2. The molecule has 128 valence electrons. The van der Waals surface area contributed by atoms with Gasteiger partial charge < -0.3 is 24.8 Å². The van der Waals surface area contributed by atoms with Gasteiger partial charge in [0, 0.05) is 12.2 Å². The summed E-state index contributed by atoms with van der Waals surface area (Å²) in [6, 6.07) is 8.79. The van der Waals surface area contributed by atoms with Crippen LogP contribution in [0.2, 0.25) is 0 Å². The molecule has 0 unspecified atom stereocenters. The van der Waals surface area contributed by atoms with Crippen LogP contribution >= 0.6 is 0 Å². The van der Waals surface area contributed by atoms with E-state index >= 15 is 0 Å². The second-order valence-corrected chi connectivity index (χ2v) is 5.78. The molecule has 1 aromatic carbocycles. The van der Waals surface area contributed by atoms with Crippen molar-refractivity contribution in [2.24, 2.45) is 0 Å². The van der Waals surface area contributed by atoms with E-state index in [-0.39, 0.29) is 12.5 Å². The molecule has 3 N–H and O–H groups in total. The van der Waals surface area contributed by atoms with Gasteiger partial charge in [0.2, 0.25) is 0 Å². The third-order valence-corrected chi connectivity index (χ3v) is 4.19. The summed E-state index contributed by atoms with van der Waals surface area (Å²) in [5, 5.41) is 26.2. The average Bonchev–Trinajstić information content (AvgIpc) is 2.99. The Kier molecular flexibility index (Phi) is 4.94. The smallest absolute Gasteiger partial charge is 0.257 e. The third-order valence-electron chi connectivity index (χ3n) is 4.19. The van der Waals surface area contributed by atoms with Gasteiger partial charge in [0.15, 0.2) is 0 Å². The van der Waals surface area contributed by atoms with E-state index in [0.717, 1.165) is 5.56 Å². The fraction of sp³-hybridized carbons (Fsp3) is 0.412. The Labute approximate surface area is 139 Å². The lowest BCUT2D eigenvalue weighted by Gasteiger charge is -2.34. The highest BCUT2D eigenvalue weighted by Gasteiger charge is 2.34. The highest BCUT2D eigenvalue weighted by atomic mass is 16.5. The molecule has 1 aliphatic rings. The van der Waals surface area contributed by atoms with Crippen LogP contribution in [-0.4, -0.2) is 52.7 Å². The van der Waals surface area contributed by atoms with E-state index in [1.807, 2.05) is 30.3 Å². The average molecular weight is 332 g/mol. The maximum atomic E-state index is 12.7. The number of hydrogen-bond donors (Lipinski definition) is 3. The number of hydrogen-bond acceptors (Lipinski definition) is 6. The van der Waals surface area contributed by atoms with Gasteiger partial charge in [-0.1, -0.05) is 35.5 Å². The Morgan fingerprint density at radius 3 is 2.83 bits per heavy atom. The Morgan fingerprint density at radius 1 is 1.38 bits per heavy atom. The molecule has 3 rings (SSSR count). The van der Waals surface area contributed by atoms with Crippen LogP contribution in [0.4, 0.5) is 0 Å². The summed E-state index contributed by atoms with van der Waals surface area (Å²) >= 11 is 0. The molecule has 2 aromatic rings. The molecule has 24 heavy (non-hydrogen) atoms. The summed E-state index contributed by atoms with van der Waals surface area (Å²) < 4.78 is 10.5. The number of nitrogens with one attached hydrogen (secondary N) is 1. The molecule has 0 aliphatic carbocycles. The predicted octanol–water partition coefficient (Wildman–Crippen LogP) is 0.891. The largest absolute Gasteiger partial charge is 0.394 e. The number of aromatic nitrogens is 1. The quantitative estimate of drug-likeness (QED) is 0.768. The molecular formula is C17H20N2O5. The number of aryl methyl sites for hydroxylation is 1. The van der Waals surface area contributed by atoms with Gasteiger partial charge in [0.1, 0.15) is 29.2 Å². The third kappa shape index (κ3) is 3.19. The monoisotopic (exact) mass is 332 g/mol. The number of rotatable bonds is 4. The first-order valence-electron chi connectivity index (χ1n) is 7.85. The molecule has 3 atom stereocenters. The van der Waals surface area contributed by atoms with Crippen molar-refractivity contribution in [3.8, 4) is 11.3 Å². The van der Waals surface area contributed by atoms with E-state index in [1.54, 1.807) is 6.92 Å². The molecule has 1 saturated heterocycles.